The molecule has 3 aromatic heterocycles. The highest BCUT2D eigenvalue weighted by atomic mass is 32.1. The summed E-state index contributed by atoms with van der Waals surface area (Å²) in [6, 6.07) is 8.67. The zero-order chi connectivity index (χ0) is 20.4. The molecule has 4 rings (SSSR count). The number of benzene rings is 1. The van der Waals surface area contributed by atoms with Crippen LogP contribution in [0.3, 0.4) is 0 Å². The fraction of sp³-hybridized carbons (Fsp3) is 0.0500. The van der Waals surface area contributed by atoms with Gasteiger partial charge in [0.05, 0.1) is 21.3 Å². The number of pyridine rings is 1. The third-order valence-corrected chi connectivity index (χ3v) is 5.28. The summed E-state index contributed by atoms with van der Waals surface area (Å²) in [4.78, 5) is 37.2. The molecular formula is C20H16N6O2S. The topological polar surface area (TPSA) is 123 Å². The second-order valence-corrected chi connectivity index (χ2v) is 7.15. The molecule has 0 radical (unpaired) electrons. The molecule has 4 N–H and O–H groups in total. The largest absolute Gasteiger partial charge is 0.382 e. The van der Waals surface area contributed by atoms with Crippen LogP contribution in [-0.2, 0) is 0 Å². The van der Waals surface area contributed by atoms with E-state index < -0.39 is 0 Å². The first-order valence-electron chi connectivity index (χ1n) is 8.64. The lowest BCUT2D eigenvalue weighted by Gasteiger charge is -2.11. The summed E-state index contributed by atoms with van der Waals surface area (Å²) >= 11 is 1.32. The van der Waals surface area contributed by atoms with E-state index in [0.717, 1.165) is 5.56 Å². The van der Waals surface area contributed by atoms with Crippen molar-refractivity contribution in [3.63, 3.8) is 0 Å². The van der Waals surface area contributed by atoms with Gasteiger partial charge in [0.2, 0.25) is 0 Å². The molecule has 0 spiro atoms. The van der Waals surface area contributed by atoms with Crippen LogP contribution in [0.5, 0.6) is 0 Å². The van der Waals surface area contributed by atoms with Crippen LogP contribution in [0.4, 0.5) is 17.2 Å². The number of hydrogen-bond acceptors (Lipinski definition) is 7. The fourth-order valence-corrected chi connectivity index (χ4v) is 3.66. The van der Waals surface area contributed by atoms with Crippen molar-refractivity contribution >= 4 is 50.6 Å². The van der Waals surface area contributed by atoms with Crippen LogP contribution in [0.2, 0.25) is 0 Å². The van der Waals surface area contributed by atoms with E-state index in [4.69, 9.17) is 5.73 Å². The number of aromatic nitrogens is 3. The number of hydrogen-bond donors (Lipinski definition) is 3. The Labute approximate surface area is 169 Å². The lowest BCUT2D eigenvalue weighted by Crippen LogP contribution is -2.15. The molecule has 3 heterocycles. The van der Waals surface area contributed by atoms with Crippen LogP contribution in [0, 0.1) is 6.92 Å². The van der Waals surface area contributed by atoms with Crippen molar-refractivity contribution in [3.05, 3.63) is 71.1 Å². The maximum Gasteiger partial charge on any atom is 0.258 e. The van der Waals surface area contributed by atoms with Gasteiger partial charge in [-0.3, -0.25) is 14.6 Å². The predicted molar refractivity (Wildman–Crippen MR) is 113 cm³/mol. The molecule has 0 atom stereocenters. The van der Waals surface area contributed by atoms with Crippen LogP contribution in [0.1, 0.15) is 26.3 Å². The van der Waals surface area contributed by atoms with Crippen LogP contribution in [-0.4, -0.2) is 26.8 Å². The minimum atomic E-state index is -0.312. The Hall–Kier alpha value is -3.85. The molecule has 0 fully saturated rings. The van der Waals surface area contributed by atoms with Gasteiger partial charge in [0.1, 0.15) is 12.1 Å². The second kappa shape index (κ2) is 7.64. The van der Waals surface area contributed by atoms with Crippen molar-refractivity contribution in [1.29, 1.82) is 0 Å². The number of carbonyl (C=O) groups excluding carboxylic acids is 2. The molecule has 8 nitrogen and oxygen atoms in total. The predicted octanol–water partition coefficient (Wildman–Crippen LogP) is 3.48. The minimum Gasteiger partial charge on any atom is -0.382 e. The molecule has 144 valence electrons. The summed E-state index contributed by atoms with van der Waals surface area (Å²) in [6.07, 6.45) is 4.42. The molecule has 9 heteroatoms. The van der Waals surface area contributed by atoms with E-state index in [0.29, 0.717) is 38.5 Å². The van der Waals surface area contributed by atoms with E-state index in [1.165, 1.54) is 23.9 Å². The van der Waals surface area contributed by atoms with Gasteiger partial charge < -0.3 is 16.4 Å². The number of anilines is 3. The van der Waals surface area contributed by atoms with E-state index >= 15 is 0 Å². The Morgan fingerprint density at radius 3 is 2.76 bits per heavy atom. The number of nitrogens with zero attached hydrogens (tertiary/aromatic N) is 3. The molecule has 1 aromatic carbocycles. The van der Waals surface area contributed by atoms with Crippen LogP contribution >= 0.6 is 11.3 Å². The normalized spacial score (nSPS) is 10.7. The van der Waals surface area contributed by atoms with Gasteiger partial charge in [-0.2, -0.15) is 0 Å². The number of fused-ring (bicyclic) bond motifs is 1. The van der Waals surface area contributed by atoms with Crippen molar-refractivity contribution in [2.75, 3.05) is 16.4 Å². The smallest absolute Gasteiger partial charge is 0.258 e. The van der Waals surface area contributed by atoms with Crippen LogP contribution < -0.4 is 16.4 Å². The van der Waals surface area contributed by atoms with E-state index in [9.17, 15) is 9.59 Å². The first-order chi connectivity index (χ1) is 14.0. The molecule has 4 aromatic rings. The van der Waals surface area contributed by atoms with Gasteiger partial charge in [0.25, 0.3) is 11.8 Å². The lowest BCUT2D eigenvalue weighted by atomic mass is 10.1. The number of thiophene rings is 1. The SMILES string of the molecule is Cc1ccc(NC(=O)c2cccnc2)cc1NC(=O)c1csc2c(N)ncnc12. The first-order valence-corrected chi connectivity index (χ1v) is 9.52. The zero-order valence-electron chi connectivity index (χ0n) is 15.3. The van der Waals surface area contributed by atoms with E-state index in [1.54, 1.807) is 35.8 Å². The highest BCUT2D eigenvalue weighted by molar-refractivity contribution is 7.18. The van der Waals surface area contributed by atoms with Crippen LogP contribution in [0.15, 0.2) is 54.4 Å². The summed E-state index contributed by atoms with van der Waals surface area (Å²) in [7, 11) is 0. The van der Waals surface area contributed by atoms with Crippen molar-refractivity contribution in [1.82, 2.24) is 15.0 Å². The summed E-state index contributed by atoms with van der Waals surface area (Å²) in [5.74, 6) is -0.251. The zero-order valence-corrected chi connectivity index (χ0v) is 16.2. The summed E-state index contributed by atoms with van der Waals surface area (Å²) in [6.45, 7) is 1.87. The Bertz CT molecular complexity index is 1220. The first kappa shape index (κ1) is 18.5. The van der Waals surface area contributed by atoms with Gasteiger partial charge in [0.15, 0.2) is 0 Å². The fourth-order valence-electron chi connectivity index (χ4n) is 2.75. The number of nitrogen functional groups attached to an aromatic ring is 1. The van der Waals surface area contributed by atoms with E-state index in [1.807, 2.05) is 13.0 Å². The maximum absolute atomic E-state index is 12.8. The van der Waals surface area contributed by atoms with Gasteiger partial charge in [0, 0.05) is 29.1 Å². The highest BCUT2D eigenvalue weighted by Gasteiger charge is 2.17. The number of nitrogens with one attached hydrogen (secondary N) is 2. The quantitative estimate of drug-likeness (QED) is 0.478. The Balaban J connectivity index is 1.57. The molecule has 0 aliphatic heterocycles. The third kappa shape index (κ3) is 3.76. The average Bonchev–Trinajstić information content (AvgIpc) is 3.17. The average molecular weight is 404 g/mol. The number of rotatable bonds is 4. The number of carbonyl (C=O) groups is 2. The highest BCUT2D eigenvalue weighted by Crippen LogP contribution is 2.29. The summed E-state index contributed by atoms with van der Waals surface area (Å²) in [5, 5.41) is 7.39. The molecule has 0 saturated carbocycles. The minimum absolute atomic E-state index is 0.282. The van der Waals surface area contributed by atoms with Gasteiger partial charge in [-0.15, -0.1) is 11.3 Å². The number of aryl methyl sites for hydroxylation is 1. The van der Waals surface area contributed by atoms with Gasteiger partial charge >= 0.3 is 0 Å². The Kier molecular flexibility index (Phi) is 4.88. The molecular weight excluding hydrogens is 388 g/mol. The van der Waals surface area contributed by atoms with Crippen molar-refractivity contribution in [2.45, 2.75) is 6.92 Å². The van der Waals surface area contributed by atoms with Gasteiger partial charge in [-0.1, -0.05) is 6.07 Å². The monoisotopic (exact) mass is 404 g/mol. The molecule has 0 unspecified atom stereocenters. The maximum atomic E-state index is 12.8. The Morgan fingerprint density at radius 2 is 1.97 bits per heavy atom. The molecule has 0 saturated heterocycles. The molecule has 0 bridgehead atoms. The Morgan fingerprint density at radius 1 is 1.10 bits per heavy atom. The van der Waals surface area contributed by atoms with Crippen LogP contribution in [0.25, 0.3) is 10.2 Å². The summed E-state index contributed by atoms with van der Waals surface area (Å²) < 4.78 is 0.673. The second-order valence-electron chi connectivity index (χ2n) is 6.27. The van der Waals surface area contributed by atoms with Gasteiger partial charge in [-0.05, 0) is 36.8 Å². The number of nitrogens with two attached hydrogens (primary N) is 1. The van der Waals surface area contributed by atoms with E-state index in [2.05, 4.69) is 25.6 Å². The van der Waals surface area contributed by atoms with Crippen molar-refractivity contribution < 1.29 is 9.59 Å². The summed E-state index contributed by atoms with van der Waals surface area (Å²) in [5.41, 5.74) is 9.21. The molecule has 2 amide bonds. The van der Waals surface area contributed by atoms with E-state index in [-0.39, 0.29) is 11.8 Å². The van der Waals surface area contributed by atoms with Crippen molar-refractivity contribution in [3.8, 4) is 0 Å². The third-order valence-electron chi connectivity index (χ3n) is 4.29. The van der Waals surface area contributed by atoms with Gasteiger partial charge in [-0.25, -0.2) is 9.97 Å². The molecule has 0 aliphatic carbocycles. The number of amides is 2. The standard InChI is InChI=1S/C20H16N6O2S/c1-11-4-5-13(25-19(27)12-3-2-6-22-8-12)7-15(11)26-20(28)14-9-29-17-16(14)23-10-24-18(17)21/h2-10H,1H3,(H,25,27)(H,26,28)(H2,21,23,24). The molecule has 0 aliphatic rings. The van der Waals surface area contributed by atoms with Crippen molar-refractivity contribution in [2.24, 2.45) is 0 Å². The molecule has 29 heavy (non-hydrogen) atoms. The lowest BCUT2D eigenvalue weighted by molar-refractivity contribution is 0.102.